The number of hydrogen-bond donors (Lipinski definition) is 0. The van der Waals surface area contributed by atoms with Gasteiger partial charge in [0.05, 0.1) is 18.1 Å². The number of benzene rings is 1. The van der Waals surface area contributed by atoms with Crippen LogP contribution in [0.3, 0.4) is 0 Å². The average Bonchev–Trinajstić information content (AvgIpc) is 2.28. The highest BCUT2D eigenvalue weighted by molar-refractivity contribution is 5.48. The molecule has 0 aliphatic heterocycles. The van der Waals surface area contributed by atoms with Gasteiger partial charge in [0, 0.05) is 6.07 Å². The van der Waals surface area contributed by atoms with Gasteiger partial charge in [-0.2, -0.15) is 5.26 Å². The molecule has 0 aromatic heterocycles. The normalized spacial score (nSPS) is 11.3. The first kappa shape index (κ1) is 11.8. The molecule has 0 unspecified atom stereocenters. The molecule has 1 aromatic rings. The number of ether oxygens (including phenoxy) is 2. The minimum absolute atomic E-state index is 0.110. The minimum atomic E-state index is -0.698. The largest absolute Gasteiger partial charge is 0.493 e. The fraction of sp³-hybridized carbons (Fsp3) is 0.300. The van der Waals surface area contributed by atoms with Gasteiger partial charge < -0.3 is 9.47 Å². The molecule has 0 aliphatic carbocycles. The molecule has 0 saturated heterocycles. The molecule has 16 heavy (non-hydrogen) atoms. The minimum Gasteiger partial charge on any atom is -0.493 e. The summed E-state index contributed by atoms with van der Waals surface area (Å²) in [5.41, 5.74) is -0.110. The summed E-state index contributed by atoms with van der Waals surface area (Å²) in [4.78, 5) is 10.0. The molecule has 0 fully saturated rings. The zero-order chi connectivity index (χ0) is 12.1. The Morgan fingerprint density at radius 3 is 2.69 bits per heavy atom. The van der Waals surface area contributed by atoms with Gasteiger partial charge in [-0.05, 0) is 13.0 Å². The number of nitro groups is 1. The summed E-state index contributed by atoms with van der Waals surface area (Å²) in [5, 5.41) is 19.1. The highest BCUT2D eigenvalue weighted by Gasteiger charge is 2.14. The van der Waals surface area contributed by atoms with E-state index in [1.165, 1.54) is 32.2 Å². The molecule has 0 bridgehead atoms. The average molecular weight is 222 g/mol. The maximum absolute atomic E-state index is 10.6. The van der Waals surface area contributed by atoms with Crippen molar-refractivity contribution in [1.82, 2.24) is 0 Å². The Kier molecular flexibility index (Phi) is 3.67. The van der Waals surface area contributed by atoms with Crippen molar-refractivity contribution in [2.24, 2.45) is 0 Å². The molecule has 84 valence electrons. The first-order chi connectivity index (χ1) is 7.58. The van der Waals surface area contributed by atoms with Crippen molar-refractivity contribution >= 4 is 5.69 Å². The number of methoxy groups -OCH3 is 1. The summed E-state index contributed by atoms with van der Waals surface area (Å²) in [5.74, 6) is 0.540. The standard InChI is InChI=1S/C10H10N2O4/c1-7(6-11)16-10-5-8(12(13)14)3-4-9(10)15-2/h3-5,7H,1-2H3/t7-/m1/s1. The van der Waals surface area contributed by atoms with Crippen molar-refractivity contribution in [2.75, 3.05) is 7.11 Å². The van der Waals surface area contributed by atoms with Gasteiger partial charge in [-0.1, -0.05) is 0 Å². The molecule has 0 heterocycles. The smallest absolute Gasteiger partial charge is 0.273 e. The summed E-state index contributed by atoms with van der Waals surface area (Å²) >= 11 is 0. The fourth-order valence-corrected chi connectivity index (χ4v) is 1.09. The van der Waals surface area contributed by atoms with E-state index in [-0.39, 0.29) is 11.4 Å². The van der Waals surface area contributed by atoms with E-state index in [2.05, 4.69) is 0 Å². The van der Waals surface area contributed by atoms with Crippen LogP contribution in [-0.4, -0.2) is 18.1 Å². The van der Waals surface area contributed by atoms with E-state index >= 15 is 0 Å². The Hall–Kier alpha value is -2.29. The third-order valence-corrected chi connectivity index (χ3v) is 1.84. The van der Waals surface area contributed by atoms with Crippen LogP contribution >= 0.6 is 0 Å². The van der Waals surface area contributed by atoms with Crippen molar-refractivity contribution in [3.8, 4) is 17.6 Å². The van der Waals surface area contributed by atoms with E-state index in [4.69, 9.17) is 14.7 Å². The summed E-state index contributed by atoms with van der Waals surface area (Å²) in [6.07, 6.45) is -0.698. The Labute approximate surface area is 92.2 Å². The van der Waals surface area contributed by atoms with Gasteiger partial charge in [0.1, 0.15) is 6.07 Å². The first-order valence-electron chi connectivity index (χ1n) is 4.47. The molecule has 1 rings (SSSR count). The third-order valence-electron chi connectivity index (χ3n) is 1.84. The first-order valence-corrected chi connectivity index (χ1v) is 4.47. The summed E-state index contributed by atoms with van der Waals surface area (Å²) in [7, 11) is 1.42. The van der Waals surface area contributed by atoms with E-state index in [1.54, 1.807) is 0 Å². The van der Waals surface area contributed by atoms with E-state index in [0.29, 0.717) is 5.75 Å². The highest BCUT2D eigenvalue weighted by Crippen LogP contribution is 2.31. The molecule has 6 heteroatoms. The van der Waals surface area contributed by atoms with Gasteiger partial charge in [-0.25, -0.2) is 0 Å². The molecular formula is C10H10N2O4. The lowest BCUT2D eigenvalue weighted by Crippen LogP contribution is -2.09. The molecule has 1 atom stereocenters. The molecular weight excluding hydrogens is 212 g/mol. The van der Waals surface area contributed by atoms with Crippen LogP contribution in [0.5, 0.6) is 11.5 Å². The van der Waals surface area contributed by atoms with Crippen LogP contribution in [0.2, 0.25) is 0 Å². The number of hydrogen-bond acceptors (Lipinski definition) is 5. The Morgan fingerprint density at radius 1 is 1.50 bits per heavy atom. The van der Waals surface area contributed by atoms with Gasteiger partial charge in [-0.15, -0.1) is 0 Å². The van der Waals surface area contributed by atoms with Crippen LogP contribution in [0.4, 0.5) is 5.69 Å². The summed E-state index contributed by atoms with van der Waals surface area (Å²) in [6.45, 7) is 1.54. The molecule has 0 radical (unpaired) electrons. The highest BCUT2D eigenvalue weighted by atomic mass is 16.6. The molecule has 0 amide bonds. The third kappa shape index (κ3) is 2.60. The molecule has 0 spiro atoms. The van der Waals surface area contributed by atoms with Gasteiger partial charge in [-0.3, -0.25) is 10.1 Å². The lowest BCUT2D eigenvalue weighted by Gasteiger charge is -2.11. The van der Waals surface area contributed by atoms with Crippen LogP contribution in [0.1, 0.15) is 6.92 Å². The number of rotatable bonds is 4. The van der Waals surface area contributed by atoms with Crippen molar-refractivity contribution in [3.63, 3.8) is 0 Å². The van der Waals surface area contributed by atoms with E-state index < -0.39 is 11.0 Å². The molecule has 0 aliphatic rings. The van der Waals surface area contributed by atoms with Crippen molar-refractivity contribution < 1.29 is 14.4 Å². The van der Waals surface area contributed by atoms with Gasteiger partial charge in [0.2, 0.25) is 0 Å². The fourth-order valence-electron chi connectivity index (χ4n) is 1.09. The maximum Gasteiger partial charge on any atom is 0.273 e. The second-order valence-corrected chi connectivity index (χ2v) is 2.98. The van der Waals surface area contributed by atoms with Crippen molar-refractivity contribution in [3.05, 3.63) is 28.3 Å². The van der Waals surface area contributed by atoms with Gasteiger partial charge in [0.15, 0.2) is 17.6 Å². The molecule has 1 aromatic carbocycles. The quantitative estimate of drug-likeness (QED) is 0.573. The van der Waals surface area contributed by atoms with Crippen LogP contribution in [0.15, 0.2) is 18.2 Å². The predicted octanol–water partition coefficient (Wildman–Crippen LogP) is 1.89. The summed E-state index contributed by atoms with van der Waals surface area (Å²) in [6, 6.07) is 5.83. The van der Waals surface area contributed by atoms with Crippen LogP contribution in [0, 0.1) is 21.4 Å². The maximum atomic E-state index is 10.6. The van der Waals surface area contributed by atoms with E-state index in [9.17, 15) is 10.1 Å². The predicted molar refractivity (Wildman–Crippen MR) is 55.4 cm³/mol. The Bertz CT molecular complexity index is 439. The Balaban J connectivity index is 3.08. The molecule has 0 saturated carbocycles. The van der Waals surface area contributed by atoms with Crippen molar-refractivity contribution in [1.29, 1.82) is 5.26 Å². The van der Waals surface area contributed by atoms with Crippen LogP contribution in [-0.2, 0) is 0 Å². The molecule has 0 N–H and O–H groups in total. The number of non-ortho nitro benzene ring substituents is 1. The van der Waals surface area contributed by atoms with Crippen LogP contribution < -0.4 is 9.47 Å². The number of nitriles is 1. The zero-order valence-corrected chi connectivity index (χ0v) is 8.84. The molecule has 6 nitrogen and oxygen atoms in total. The lowest BCUT2D eigenvalue weighted by atomic mass is 10.3. The van der Waals surface area contributed by atoms with E-state index in [0.717, 1.165) is 0 Å². The lowest BCUT2D eigenvalue weighted by molar-refractivity contribution is -0.385. The number of nitro benzene ring substituents is 1. The SMILES string of the molecule is COc1ccc([N+](=O)[O-])cc1O[C@H](C)C#N. The second-order valence-electron chi connectivity index (χ2n) is 2.98. The van der Waals surface area contributed by atoms with Gasteiger partial charge >= 0.3 is 0 Å². The topological polar surface area (TPSA) is 85.4 Å². The monoisotopic (exact) mass is 222 g/mol. The second kappa shape index (κ2) is 4.98. The van der Waals surface area contributed by atoms with Crippen molar-refractivity contribution in [2.45, 2.75) is 13.0 Å². The Morgan fingerprint density at radius 2 is 2.19 bits per heavy atom. The summed E-state index contributed by atoms with van der Waals surface area (Å²) < 4.78 is 10.2. The van der Waals surface area contributed by atoms with Crippen LogP contribution in [0.25, 0.3) is 0 Å². The zero-order valence-electron chi connectivity index (χ0n) is 8.84. The van der Waals surface area contributed by atoms with Gasteiger partial charge in [0.25, 0.3) is 5.69 Å². The van der Waals surface area contributed by atoms with E-state index in [1.807, 2.05) is 6.07 Å². The number of nitrogens with zero attached hydrogens (tertiary/aromatic N) is 2.